The molecule has 40 heavy (non-hydrogen) atoms. The molecule has 1 atom stereocenters. The van der Waals surface area contributed by atoms with Crippen LogP contribution >= 0.6 is 0 Å². The zero-order chi connectivity index (χ0) is 28.7. The minimum Gasteiger partial charge on any atom is -0.391 e. The van der Waals surface area contributed by atoms with Gasteiger partial charge in [-0.1, -0.05) is 93.6 Å². The first-order valence-corrected chi connectivity index (χ1v) is 14.5. The van der Waals surface area contributed by atoms with E-state index in [0.717, 1.165) is 23.1 Å². The average Bonchev–Trinajstić information content (AvgIpc) is 3.34. The van der Waals surface area contributed by atoms with Crippen molar-refractivity contribution in [2.45, 2.75) is 71.6 Å². The van der Waals surface area contributed by atoms with E-state index in [1.54, 1.807) is 0 Å². The number of nitrogens with zero attached hydrogens (tertiary/aromatic N) is 2. The number of benzene rings is 3. The normalized spacial score (nSPS) is 12.8. The maximum Gasteiger partial charge on any atom is 0.237 e. The van der Waals surface area contributed by atoms with Gasteiger partial charge in [0.1, 0.15) is 0 Å². The van der Waals surface area contributed by atoms with Crippen LogP contribution < -0.4 is 0 Å². The molecule has 1 heterocycles. The van der Waals surface area contributed by atoms with Crippen molar-refractivity contribution in [1.29, 1.82) is 0 Å². The van der Waals surface area contributed by atoms with Gasteiger partial charge < -0.3 is 15.0 Å². The van der Waals surface area contributed by atoms with Crippen LogP contribution in [-0.2, 0) is 29.6 Å². The van der Waals surface area contributed by atoms with Crippen molar-refractivity contribution < 1.29 is 9.90 Å². The molecule has 0 bridgehead atoms. The number of hydrogen-bond acceptors (Lipinski definition) is 3. The van der Waals surface area contributed by atoms with E-state index in [1.165, 1.54) is 16.5 Å². The Morgan fingerprint density at radius 2 is 1.57 bits per heavy atom. The first-order valence-electron chi connectivity index (χ1n) is 14.5. The van der Waals surface area contributed by atoms with E-state index in [2.05, 4.69) is 93.2 Å². The number of para-hydroxylation sites is 1. The van der Waals surface area contributed by atoms with Gasteiger partial charge in [0.15, 0.2) is 0 Å². The van der Waals surface area contributed by atoms with E-state index in [-0.39, 0.29) is 23.9 Å². The van der Waals surface area contributed by atoms with Crippen LogP contribution in [0.1, 0.15) is 56.9 Å². The minimum absolute atomic E-state index is 0.0837. The van der Waals surface area contributed by atoms with Crippen LogP contribution in [0.2, 0.25) is 0 Å². The molecule has 4 rings (SSSR count). The number of aromatic amines is 1. The van der Waals surface area contributed by atoms with Crippen LogP contribution in [0.25, 0.3) is 10.9 Å². The van der Waals surface area contributed by atoms with Crippen LogP contribution in [0.3, 0.4) is 0 Å². The molecule has 0 radical (unpaired) electrons. The molecular formula is C35H45N3O2. The number of nitrogens with one attached hydrogen (secondary N) is 1. The van der Waals surface area contributed by atoms with Gasteiger partial charge in [0.25, 0.3) is 0 Å². The maximum absolute atomic E-state index is 13.8. The lowest BCUT2D eigenvalue weighted by Gasteiger charge is -2.31. The zero-order valence-electron chi connectivity index (χ0n) is 24.7. The van der Waals surface area contributed by atoms with E-state index in [1.807, 2.05) is 41.3 Å². The van der Waals surface area contributed by atoms with Crippen molar-refractivity contribution >= 4 is 16.8 Å². The molecule has 2 N–H and O–H groups in total. The molecule has 3 aromatic carbocycles. The van der Waals surface area contributed by atoms with Crippen molar-refractivity contribution in [2.75, 3.05) is 19.6 Å². The second-order valence-corrected chi connectivity index (χ2v) is 12.2. The summed E-state index contributed by atoms with van der Waals surface area (Å²) in [5.74, 6) is 0.0837. The van der Waals surface area contributed by atoms with Gasteiger partial charge >= 0.3 is 0 Å². The standard InChI is InChI=1S/C35H45N3O2/c1-26(2)38(24-31(39)21-27-11-7-6-8-12-27)25-34(40)37(23-28-15-17-30(18-16-28)35(3,4)5)20-19-29-22-36-33-14-10-9-13-32(29)33/h6-18,22,26,31,36,39H,19-21,23-25H2,1-5H3/t31-/m0/s1. The van der Waals surface area contributed by atoms with Gasteiger partial charge in [-0.05, 0) is 60.4 Å². The fraction of sp³-hybridized carbons (Fsp3) is 0.400. The first-order chi connectivity index (χ1) is 19.1. The maximum atomic E-state index is 13.8. The number of fused-ring (bicyclic) bond motifs is 1. The predicted octanol–water partition coefficient (Wildman–Crippen LogP) is 6.35. The number of carbonyl (C=O) groups excluding carboxylic acids is 1. The summed E-state index contributed by atoms with van der Waals surface area (Å²) in [6.45, 7) is 12.7. The molecule has 0 aliphatic rings. The summed E-state index contributed by atoms with van der Waals surface area (Å²) in [6, 6.07) is 27.1. The highest BCUT2D eigenvalue weighted by Gasteiger charge is 2.23. The van der Waals surface area contributed by atoms with Gasteiger partial charge in [-0.3, -0.25) is 9.69 Å². The van der Waals surface area contributed by atoms with Crippen LogP contribution in [-0.4, -0.2) is 57.6 Å². The smallest absolute Gasteiger partial charge is 0.237 e. The third kappa shape index (κ3) is 8.06. The number of amides is 1. The molecule has 4 aromatic rings. The summed E-state index contributed by atoms with van der Waals surface area (Å²) in [5, 5.41) is 12.1. The highest BCUT2D eigenvalue weighted by molar-refractivity contribution is 5.83. The first kappa shape index (κ1) is 29.6. The number of carbonyl (C=O) groups is 1. The lowest BCUT2D eigenvalue weighted by molar-refractivity contribution is -0.133. The fourth-order valence-corrected chi connectivity index (χ4v) is 5.17. The fourth-order valence-electron chi connectivity index (χ4n) is 5.17. The Labute approximate surface area is 239 Å². The quantitative estimate of drug-likeness (QED) is 0.221. The third-order valence-electron chi connectivity index (χ3n) is 7.70. The molecule has 5 nitrogen and oxygen atoms in total. The highest BCUT2D eigenvalue weighted by Crippen LogP contribution is 2.23. The van der Waals surface area contributed by atoms with Crippen LogP contribution in [0, 0.1) is 0 Å². The predicted molar refractivity (Wildman–Crippen MR) is 165 cm³/mol. The molecule has 1 aromatic heterocycles. The van der Waals surface area contributed by atoms with E-state index < -0.39 is 6.10 Å². The summed E-state index contributed by atoms with van der Waals surface area (Å²) in [6.07, 6.45) is 2.87. The number of H-pyrrole nitrogens is 1. The van der Waals surface area contributed by atoms with Gasteiger partial charge in [-0.25, -0.2) is 0 Å². The van der Waals surface area contributed by atoms with Crippen LogP contribution in [0.4, 0.5) is 0 Å². The second-order valence-electron chi connectivity index (χ2n) is 12.2. The average molecular weight is 540 g/mol. The third-order valence-corrected chi connectivity index (χ3v) is 7.70. The van der Waals surface area contributed by atoms with E-state index in [9.17, 15) is 9.90 Å². The Hall–Kier alpha value is -3.41. The number of rotatable bonds is 12. The van der Waals surface area contributed by atoms with E-state index in [0.29, 0.717) is 26.1 Å². The number of aliphatic hydroxyl groups excluding tert-OH is 1. The summed E-state index contributed by atoms with van der Waals surface area (Å²) < 4.78 is 0. The van der Waals surface area contributed by atoms with Crippen molar-refractivity contribution in [1.82, 2.24) is 14.8 Å². The molecule has 0 spiro atoms. The summed E-state index contributed by atoms with van der Waals surface area (Å²) >= 11 is 0. The summed E-state index contributed by atoms with van der Waals surface area (Å²) in [4.78, 5) is 21.3. The van der Waals surface area contributed by atoms with Gasteiger partial charge in [0.05, 0.1) is 12.6 Å². The van der Waals surface area contributed by atoms with E-state index >= 15 is 0 Å². The SMILES string of the molecule is CC(C)N(CC(=O)N(CCc1c[nH]c2ccccc12)Cc1ccc(C(C)(C)C)cc1)C[C@@H](O)Cc1ccccc1. The second kappa shape index (κ2) is 13.3. The Morgan fingerprint density at radius 1 is 0.900 bits per heavy atom. The van der Waals surface area contributed by atoms with Crippen molar-refractivity contribution in [3.63, 3.8) is 0 Å². The Balaban J connectivity index is 1.48. The zero-order valence-corrected chi connectivity index (χ0v) is 24.7. The van der Waals surface area contributed by atoms with E-state index in [4.69, 9.17) is 0 Å². The Morgan fingerprint density at radius 3 is 2.25 bits per heavy atom. The molecular weight excluding hydrogens is 494 g/mol. The molecule has 0 saturated carbocycles. The molecule has 0 unspecified atom stereocenters. The van der Waals surface area contributed by atoms with Gasteiger partial charge in [0, 0.05) is 42.8 Å². The molecule has 1 amide bonds. The van der Waals surface area contributed by atoms with Gasteiger partial charge in [-0.2, -0.15) is 0 Å². The van der Waals surface area contributed by atoms with Crippen molar-refractivity contribution in [2.24, 2.45) is 0 Å². The Kier molecular flexibility index (Phi) is 9.83. The topological polar surface area (TPSA) is 59.6 Å². The largest absolute Gasteiger partial charge is 0.391 e. The molecule has 0 aliphatic heterocycles. The molecule has 5 heteroatoms. The van der Waals surface area contributed by atoms with Gasteiger partial charge in [0.2, 0.25) is 5.91 Å². The molecule has 0 fully saturated rings. The lowest BCUT2D eigenvalue weighted by atomic mass is 9.87. The summed E-state index contributed by atoms with van der Waals surface area (Å²) in [5.41, 5.74) is 5.93. The monoisotopic (exact) mass is 539 g/mol. The Bertz CT molecular complexity index is 1350. The lowest BCUT2D eigenvalue weighted by Crippen LogP contribution is -2.46. The number of aliphatic hydroxyl groups is 1. The minimum atomic E-state index is -0.540. The highest BCUT2D eigenvalue weighted by atomic mass is 16.3. The molecule has 212 valence electrons. The summed E-state index contributed by atoms with van der Waals surface area (Å²) in [7, 11) is 0. The van der Waals surface area contributed by atoms with Crippen molar-refractivity contribution in [3.8, 4) is 0 Å². The van der Waals surface area contributed by atoms with Crippen molar-refractivity contribution in [3.05, 3.63) is 107 Å². The molecule has 0 saturated heterocycles. The van der Waals surface area contributed by atoms with Crippen LogP contribution in [0.5, 0.6) is 0 Å². The van der Waals surface area contributed by atoms with Gasteiger partial charge in [-0.15, -0.1) is 0 Å². The molecule has 0 aliphatic carbocycles. The van der Waals surface area contributed by atoms with Crippen LogP contribution in [0.15, 0.2) is 85.1 Å². The number of hydrogen-bond donors (Lipinski definition) is 2. The number of aromatic nitrogens is 1.